The maximum absolute atomic E-state index is 12.1. The van der Waals surface area contributed by atoms with Crippen LogP contribution in [0.15, 0.2) is 24.4 Å². The Labute approximate surface area is 128 Å². The minimum absolute atomic E-state index is 0.000980. The molecule has 0 radical (unpaired) electrons. The first-order valence-electron chi connectivity index (χ1n) is 5.82. The van der Waals surface area contributed by atoms with Crippen LogP contribution in [0.1, 0.15) is 20.8 Å². The monoisotopic (exact) mass is 324 g/mol. The number of halogens is 1. The van der Waals surface area contributed by atoms with Crippen molar-refractivity contribution in [2.75, 3.05) is 5.32 Å². The summed E-state index contributed by atoms with van der Waals surface area (Å²) in [5, 5.41) is 25.9. The van der Waals surface area contributed by atoms with Crippen LogP contribution in [0.2, 0.25) is 5.02 Å². The third-order valence-corrected chi connectivity index (χ3v) is 3.12. The fourth-order valence-electron chi connectivity index (χ4n) is 1.77. The number of nitro groups is 1. The highest BCUT2D eigenvalue weighted by Crippen LogP contribution is 2.27. The van der Waals surface area contributed by atoms with E-state index in [1.807, 2.05) is 0 Å². The number of nitro benzene ring substituents is 1. The number of amides is 1. The molecule has 1 aromatic carbocycles. The highest BCUT2D eigenvalue weighted by molar-refractivity contribution is 6.34. The van der Waals surface area contributed by atoms with Gasteiger partial charge in [-0.15, -0.1) is 0 Å². The summed E-state index contributed by atoms with van der Waals surface area (Å²) >= 11 is 5.87. The maximum atomic E-state index is 12.1. The smallest absolute Gasteiger partial charge is 0.354 e. The molecule has 1 aromatic heterocycles. The van der Waals surface area contributed by atoms with Gasteiger partial charge in [0.25, 0.3) is 11.6 Å². The lowest BCUT2D eigenvalue weighted by molar-refractivity contribution is -0.384. The number of hydrogen-bond acceptors (Lipinski definition) is 5. The van der Waals surface area contributed by atoms with Crippen molar-refractivity contribution in [3.05, 3.63) is 50.8 Å². The van der Waals surface area contributed by atoms with Gasteiger partial charge in [-0.05, 0) is 6.07 Å². The van der Waals surface area contributed by atoms with Gasteiger partial charge in [-0.1, -0.05) is 11.6 Å². The van der Waals surface area contributed by atoms with Crippen LogP contribution in [0.4, 0.5) is 11.4 Å². The molecule has 10 heteroatoms. The van der Waals surface area contributed by atoms with Gasteiger partial charge in [0.05, 0.1) is 27.4 Å². The predicted octanol–water partition coefficient (Wildman–Crippen LogP) is 1.93. The first-order chi connectivity index (χ1) is 10.3. The SMILES string of the molecule is Cn1ncc(C(=O)Nc2cc([N+](=O)[O-])ccc2Cl)c1C(=O)O. The molecular weight excluding hydrogens is 316 g/mol. The molecule has 0 bridgehead atoms. The van der Waals surface area contributed by atoms with Crippen LogP contribution < -0.4 is 5.32 Å². The molecule has 0 spiro atoms. The van der Waals surface area contributed by atoms with E-state index >= 15 is 0 Å². The zero-order valence-electron chi connectivity index (χ0n) is 11.1. The quantitative estimate of drug-likeness (QED) is 0.653. The summed E-state index contributed by atoms with van der Waals surface area (Å²) in [6.07, 6.45) is 1.09. The number of carbonyl (C=O) groups excluding carboxylic acids is 1. The molecule has 2 aromatic rings. The van der Waals surface area contributed by atoms with Crippen LogP contribution in [0, 0.1) is 10.1 Å². The predicted molar refractivity (Wildman–Crippen MR) is 76.2 cm³/mol. The van der Waals surface area contributed by atoms with Gasteiger partial charge in [0.15, 0.2) is 5.69 Å². The molecule has 0 saturated heterocycles. The number of aromatic nitrogens is 2. The van der Waals surface area contributed by atoms with Crippen LogP contribution >= 0.6 is 11.6 Å². The molecule has 0 atom stereocenters. The second-order valence-corrected chi connectivity index (χ2v) is 4.62. The van der Waals surface area contributed by atoms with E-state index in [0.717, 1.165) is 16.9 Å². The van der Waals surface area contributed by atoms with Gasteiger partial charge in [0.1, 0.15) is 0 Å². The number of aryl methyl sites for hydroxylation is 1. The second-order valence-electron chi connectivity index (χ2n) is 4.21. The number of anilines is 1. The van der Waals surface area contributed by atoms with Crippen LogP contribution in [-0.2, 0) is 7.05 Å². The molecule has 0 aliphatic carbocycles. The van der Waals surface area contributed by atoms with E-state index in [1.165, 1.54) is 19.2 Å². The molecule has 0 aliphatic rings. The van der Waals surface area contributed by atoms with Crippen molar-refractivity contribution in [2.24, 2.45) is 7.05 Å². The Kier molecular flexibility index (Phi) is 4.08. The van der Waals surface area contributed by atoms with E-state index in [1.54, 1.807) is 0 Å². The first-order valence-corrected chi connectivity index (χ1v) is 6.19. The van der Waals surface area contributed by atoms with Gasteiger partial charge >= 0.3 is 5.97 Å². The standard InChI is InChI=1S/C12H9ClN4O5/c1-16-10(12(19)20)7(5-14-16)11(18)15-9-4-6(17(21)22)2-3-8(9)13/h2-5H,1H3,(H,15,18)(H,19,20). The largest absolute Gasteiger partial charge is 0.477 e. The molecule has 0 aliphatic heterocycles. The van der Waals surface area contributed by atoms with E-state index in [2.05, 4.69) is 10.4 Å². The average Bonchev–Trinajstić information content (AvgIpc) is 2.83. The Morgan fingerprint density at radius 1 is 1.45 bits per heavy atom. The van der Waals surface area contributed by atoms with E-state index in [9.17, 15) is 19.7 Å². The third kappa shape index (κ3) is 2.88. The lowest BCUT2D eigenvalue weighted by Crippen LogP contribution is -2.17. The summed E-state index contributed by atoms with van der Waals surface area (Å²) < 4.78 is 1.03. The number of aromatic carboxylic acids is 1. The highest BCUT2D eigenvalue weighted by atomic mass is 35.5. The van der Waals surface area contributed by atoms with Crippen molar-refractivity contribution in [3.8, 4) is 0 Å². The van der Waals surface area contributed by atoms with Crippen molar-refractivity contribution in [2.45, 2.75) is 0 Å². The van der Waals surface area contributed by atoms with E-state index < -0.39 is 16.8 Å². The number of carbonyl (C=O) groups is 2. The zero-order valence-corrected chi connectivity index (χ0v) is 11.9. The van der Waals surface area contributed by atoms with Crippen LogP contribution in [0.3, 0.4) is 0 Å². The highest BCUT2D eigenvalue weighted by Gasteiger charge is 2.22. The molecule has 114 valence electrons. The van der Waals surface area contributed by atoms with E-state index in [0.29, 0.717) is 0 Å². The summed E-state index contributed by atoms with van der Waals surface area (Å²) in [4.78, 5) is 33.3. The minimum Gasteiger partial charge on any atom is -0.477 e. The van der Waals surface area contributed by atoms with Crippen molar-refractivity contribution in [1.29, 1.82) is 0 Å². The van der Waals surface area contributed by atoms with Crippen LogP contribution in [0.25, 0.3) is 0 Å². The van der Waals surface area contributed by atoms with Crippen molar-refractivity contribution < 1.29 is 19.6 Å². The summed E-state index contributed by atoms with van der Waals surface area (Å²) in [5.41, 5.74) is -0.748. The van der Waals surface area contributed by atoms with Gasteiger partial charge in [-0.25, -0.2) is 4.79 Å². The van der Waals surface area contributed by atoms with Gasteiger partial charge in [-0.2, -0.15) is 5.10 Å². The number of nitrogens with one attached hydrogen (secondary N) is 1. The van der Waals surface area contributed by atoms with Gasteiger partial charge in [0.2, 0.25) is 0 Å². The Bertz CT molecular complexity index is 786. The lowest BCUT2D eigenvalue weighted by Gasteiger charge is -2.07. The first kappa shape index (κ1) is 15.4. The van der Waals surface area contributed by atoms with Gasteiger partial charge in [0, 0.05) is 19.2 Å². The molecule has 9 nitrogen and oxygen atoms in total. The number of benzene rings is 1. The number of carboxylic acids is 1. The van der Waals surface area contributed by atoms with Crippen molar-refractivity contribution in [3.63, 3.8) is 0 Å². The number of nitrogens with zero attached hydrogens (tertiary/aromatic N) is 3. The molecule has 2 rings (SSSR count). The Hall–Kier alpha value is -2.94. The zero-order chi connectivity index (χ0) is 16.4. The maximum Gasteiger partial charge on any atom is 0.354 e. The molecule has 22 heavy (non-hydrogen) atoms. The molecule has 0 fully saturated rings. The third-order valence-electron chi connectivity index (χ3n) is 2.79. The van der Waals surface area contributed by atoms with Gasteiger partial charge in [-0.3, -0.25) is 19.6 Å². The van der Waals surface area contributed by atoms with Crippen molar-refractivity contribution in [1.82, 2.24) is 9.78 Å². The second kappa shape index (κ2) is 5.82. The average molecular weight is 325 g/mol. The lowest BCUT2D eigenvalue weighted by atomic mass is 10.2. The Morgan fingerprint density at radius 2 is 2.14 bits per heavy atom. The fourth-order valence-corrected chi connectivity index (χ4v) is 1.93. The molecule has 0 unspecified atom stereocenters. The fraction of sp³-hybridized carbons (Fsp3) is 0.0833. The summed E-state index contributed by atoms with van der Waals surface area (Å²) in [6.45, 7) is 0. The molecule has 2 N–H and O–H groups in total. The molecule has 1 heterocycles. The van der Waals surface area contributed by atoms with Crippen LogP contribution in [0.5, 0.6) is 0 Å². The Morgan fingerprint density at radius 3 is 2.73 bits per heavy atom. The van der Waals surface area contributed by atoms with E-state index in [-0.39, 0.29) is 27.7 Å². The number of rotatable bonds is 4. The van der Waals surface area contributed by atoms with Crippen LogP contribution in [-0.4, -0.2) is 31.7 Å². The number of carboxylic acid groups (broad SMARTS) is 1. The summed E-state index contributed by atoms with van der Waals surface area (Å²) in [6, 6.07) is 3.53. The van der Waals surface area contributed by atoms with Gasteiger partial charge < -0.3 is 10.4 Å². The molecule has 1 amide bonds. The number of non-ortho nitro benzene ring substituents is 1. The van der Waals surface area contributed by atoms with Crippen molar-refractivity contribution >= 4 is 34.9 Å². The Balaban J connectivity index is 2.36. The normalized spacial score (nSPS) is 10.3. The number of hydrogen-bond donors (Lipinski definition) is 2. The summed E-state index contributed by atoms with van der Waals surface area (Å²) in [7, 11) is 1.38. The molecular formula is C12H9ClN4O5. The topological polar surface area (TPSA) is 127 Å². The minimum atomic E-state index is -1.32. The molecule has 0 saturated carbocycles. The summed E-state index contributed by atoms with van der Waals surface area (Å²) in [5.74, 6) is -2.11. The van der Waals surface area contributed by atoms with E-state index in [4.69, 9.17) is 16.7 Å².